The van der Waals surface area contributed by atoms with Crippen molar-refractivity contribution in [2.75, 3.05) is 23.3 Å². The zero-order valence-electron chi connectivity index (χ0n) is 11.6. The number of hydrogen-bond acceptors (Lipinski definition) is 4. The monoisotopic (exact) mass is 262 g/mol. The maximum Gasteiger partial charge on any atom is 0.242 e. The average Bonchev–Trinajstić information content (AvgIpc) is 2.39. The number of nitrogens with two attached hydrogens (primary N) is 1. The van der Waals surface area contributed by atoms with E-state index in [1.54, 1.807) is 6.92 Å². The molecule has 0 radical (unpaired) electrons. The zero-order chi connectivity index (χ0) is 13.8. The Balaban J connectivity index is 2.00. The second-order valence-electron chi connectivity index (χ2n) is 5.37. The quantitative estimate of drug-likeness (QED) is 0.868. The molecule has 19 heavy (non-hydrogen) atoms. The van der Waals surface area contributed by atoms with Crippen LogP contribution in [0.5, 0.6) is 0 Å². The number of piperidine rings is 1. The van der Waals surface area contributed by atoms with Crippen LogP contribution in [0.1, 0.15) is 26.7 Å². The van der Waals surface area contributed by atoms with E-state index in [4.69, 9.17) is 5.73 Å². The van der Waals surface area contributed by atoms with Crippen molar-refractivity contribution in [3.05, 3.63) is 18.3 Å². The van der Waals surface area contributed by atoms with Crippen LogP contribution in [0.4, 0.5) is 11.5 Å². The smallest absolute Gasteiger partial charge is 0.242 e. The molecule has 1 aliphatic rings. The molecule has 3 N–H and O–H groups in total. The van der Waals surface area contributed by atoms with Crippen molar-refractivity contribution in [1.82, 2.24) is 4.98 Å². The number of nitrogens with zero attached hydrogens (tertiary/aromatic N) is 2. The molecule has 1 aliphatic heterocycles. The molecule has 0 spiro atoms. The molecular formula is C14H22N4O. The lowest BCUT2D eigenvalue weighted by Gasteiger charge is -2.32. The molecule has 2 atom stereocenters. The van der Waals surface area contributed by atoms with Gasteiger partial charge in [0.2, 0.25) is 5.91 Å². The molecule has 104 valence electrons. The fraction of sp³-hybridized carbons (Fsp3) is 0.571. The topological polar surface area (TPSA) is 71.2 Å². The zero-order valence-corrected chi connectivity index (χ0v) is 11.6. The van der Waals surface area contributed by atoms with Crippen molar-refractivity contribution >= 4 is 17.4 Å². The highest BCUT2D eigenvalue weighted by Gasteiger charge is 2.17. The first kappa shape index (κ1) is 13.8. The van der Waals surface area contributed by atoms with Gasteiger partial charge in [-0.25, -0.2) is 4.98 Å². The molecule has 1 amide bonds. The van der Waals surface area contributed by atoms with Gasteiger partial charge in [-0.3, -0.25) is 4.79 Å². The van der Waals surface area contributed by atoms with E-state index in [1.807, 2.05) is 18.3 Å². The third-order valence-electron chi connectivity index (χ3n) is 3.43. The second-order valence-corrected chi connectivity index (χ2v) is 5.37. The van der Waals surface area contributed by atoms with E-state index in [0.717, 1.165) is 24.7 Å². The van der Waals surface area contributed by atoms with E-state index in [2.05, 4.69) is 22.1 Å². The van der Waals surface area contributed by atoms with Gasteiger partial charge in [0.05, 0.1) is 17.9 Å². The summed E-state index contributed by atoms with van der Waals surface area (Å²) < 4.78 is 0. The number of anilines is 2. The lowest BCUT2D eigenvalue weighted by Crippen LogP contribution is -2.34. The van der Waals surface area contributed by atoms with E-state index < -0.39 is 6.04 Å². The lowest BCUT2D eigenvalue weighted by molar-refractivity contribution is -0.117. The molecule has 1 saturated heterocycles. The van der Waals surface area contributed by atoms with Gasteiger partial charge in [0.1, 0.15) is 5.82 Å². The number of carbonyl (C=O) groups excluding carboxylic acids is 1. The summed E-state index contributed by atoms with van der Waals surface area (Å²) in [4.78, 5) is 18.1. The highest BCUT2D eigenvalue weighted by atomic mass is 16.2. The molecule has 2 rings (SSSR count). The molecule has 0 aliphatic carbocycles. The van der Waals surface area contributed by atoms with Crippen LogP contribution in [-0.2, 0) is 4.79 Å². The number of aromatic nitrogens is 1. The van der Waals surface area contributed by atoms with E-state index in [0.29, 0.717) is 5.82 Å². The van der Waals surface area contributed by atoms with E-state index in [1.165, 1.54) is 12.8 Å². The van der Waals surface area contributed by atoms with Crippen LogP contribution < -0.4 is 16.0 Å². The molecule has 1 aromatic rings. The van der Waals surface area contributed by atoms with Crippen molar-refractivity contribution in [1.29, 1.82) is 0 Å². The Morgan fingerprint density at radius 1 is 1.58 bits per heavy atom. The van der Waals surface area contributed by atoms with Gasteiger partial charge in [0.15, 0.2) is 0 Å². The third kappa shape index (κ3) is 3.67. The van der Waals surface area contributed by atoms with Gasteiger partial charge in [-0.2, -0.15) is 0 Å². The minimum absolute atomic E-state index is 0.216. The Bertz CT molecular complexity index is 430. The fourth-order valence-corrected chi connectivity index (χ4v) is 2.31. The predicted octanol–water partition coefficient (Wildman–Crippen LogP) is 1.60. The molecule has 0 bridgehead atoms. The maximum absolute atomic E-state index is 11.5. The number of rotatable bonds is 3. The standard InChI is InChI=1S/C14H22N4O/c1-10-4-3-7-18(9-10)12-5-6-13(16-8-12)17-14(19)11(2)15/h5-6,8,10-11H,3-4,7,9,15H2,1-2H3,(H,16,17,19). The summed E-state index contributed by atoms with van der Waals surface area (Å²) in [5.41, 5.74) is 6.61. The number of carbonyl (C=O) groups is 1. The van der Waals surface area contributed by atoms with Crippen molar-refractivity contribution in [3.63, 3.8) is 0 Å². The molecular weight excluding hydrogens is 240 g/mol. The van der Waals surface area contributed by atoms with Crippen LogP contribution in [0.2, 0.25) is 0 Å². The number of hydrogen-bond donors (Lipinski definition) is 2. The van der Waals surface area contributed by atoms with Crippen molar-refractivity contribution in [2.24, 2.45) is 11.7 Å². The molecule has 0 aromatic carbocycles. The summed E-state index contributed by atoms with van der Waals surface area (Å²) in [6.07, 6.45) is 4.34. The Morgan fingerprint density at radius 2 is 2.37 bits per heavy atom. The summed E-state index contributed by atoms with van der Waals surface area (Å²) in [7, 11) is 0. The van der Waals surface area contributed by atoms with Crippen LogP contribution in [0.25, 0.3) is 0 Å². The molecule has 0 saturated carbocycles. The average molecular weight is 262 g/mol. The highest BCUT2D eigenvalue weighted by Crippen LogP contribution is 2.22. The summed E-state index contributed by atoms with van der Waals surface area (Å²) >= 11 is 0. The van der Waals surface area contributed by atoms with Crippen molar-refractivity contribution < 1.29 is 4.79 Å². The molecule has 1 fully saturated rings. The van der Waals surface area contributed by atoms with Gasteiger partial charge >= 0.3 is 0 Å². The van der Waals surface area contributed by atoms with Gasteiger partial charge in [0.25, 0.3) is 0 Å². The van der Waals surface area contributed by atoms with Crippen LogP contribution in [0.3, 0.4) is 0 Å². The Labute approximate surface area is 114 Å². The van der Waals surface area contributed by atoms with Crippen LogP contribution in [0.15, 0.2) is 18.3 Å². The van der Waals surface area contributed by atoms with Crippen molar-refractivity contribution in [2.45, 2.75) is 32.7 Å². The number of pyridine rings is 1. The summed E-state index contributed by atoms with van der Waals surface area (Å²) in [6, 6.07) is 3.31. The maximum atomic E-state index is 11.5. The lowest BCUT2D eigenvalue weighted by atomic mass is 10.00. The second kappa shape index (κ2) is 6.02. The third-order valence-corrected chi connectivity index (χ3v) is 3.43. The summed E-state index contributed by atoms with van der Waals surface area (Å²) in [6.45, 7) is 6.08. The molecule has 2 unspecified atom stereocenters. The van der Waals surface area contributed by atoms with Crippen LogP contribution >= 0.6 is 0 Å². The van der Waals surface area contributed by atoms with Crippen LogP contribution in [-0.4, -0.2) is 30.0 Å². The number of nitrogens with one attached hydrogen (secondary N) is 1. The number of amides is 1. The Morgan fingerprint density at radius 3 is 2.95 bits per heavy atom. The fourth-order valence-electron chi connectivity index (χ4n) is 2.31. The molecule has 2 heterocycles. The van der Waals surface area contributed by atoms with Gasteiger partial charge in [-0.1, -0.05) is 6.92 Å². The predicted molar refractivity (Wildman–Crippen MR) is 77.1 cm³/mol. The molecule has 1 aromatic heterocycles. The normalized spacial score (nSPS) is 21.0. The first-order valence-corrected chi connectivity index (χ1v) is 6.83. The SMILES string of the molecule is CC1CCCN(c2ccc(NC(=O)C(C)N)nc2)C1. The van der Waals surface area contributed by atoms with E-state index in [-0.39, 0.29) is 5.91 Å². The highest BCUT2D eigenvalue weighted by molar-refractivity contribution is 5.93. The Hall–Kier alpha value is -1.62. The summed E-state index contributed by atoms with van der Waals surface area (Å²) in [5, 5.41) is 2.69. The Kier molecular flexibility index (Phi) is 4.37. The van der Waals surface area contributed by atoms with Crippen molar-refractivity contribution in [3.8, 4) is 0 Å². The van der Waals surface area contributed by atoms with Gasteiger partial charge in [-0.05, 0) is 37.8 Å². The largest absolute Gasteiger partial charge is 0.370 e. The van der Waals surface area contributed by atoms with Gasteiger partial charge in [-0.15, -0.1) is 0 Å². The first-order chi connectivity index (χ1) is 9.06. The van der Waals surface area contributed by atoms with Gasteiger partial charge < -0.3 is 16.0 Å². The van der Waals surface area contributed by atoms with Gasteiger partial charge in [0, 0.05) is 13.1 Å². The minimum Gasteiger partial charge on any atom is -0.370 e. The first-order valence-electron chi connectivity index (χ1n) is 6.83. The van der Waals surface area contributed by atoms with Crippen LogP contribution in [0, 0.1) is 5.92 Å². The summed E-state index contributed by atoms with van der Waals surface area (Å²) in [5.74, 6) is 1.06. The molecule has 5 heteroatoms. The van der Waals surface area contributed by atoms with E-state index >= 15 is 0 Å². The van der Waals surface area contributed by atoms with E-state index in [9.17, 15) is 4.79 Å². The minimum atomic E-state index is -0.524. The molecule has 5 nitrogen and oxygen atoms in total.